The highest BCUT2D eigenvalue weighted by molar-refractivity contribution is 7.92. The van der Waals surface area contributed by atoms with E-state index in [1.54, 1.807) is 24.3 Å². The van der Waals surface area contributed by atoms with Crippen LogP contribution in [0.5, 0.6) is 0 Å². The molecule has 4 N–H and O–H groups in total. The second kappa shape index (κ2) is 11.4. The lowest BCUT2D eigenvalue weighted by atomic mass is 9.75. The number of hydrogen-bond donors (Lipinski definition) is 4. The first-order chi connectivity index (χ1) is 19.0. The SMILES string of the molecule is CS(=O)(=O)Nc1cccc(C(=O)N[C@H](C(=O)Nc2cc(F)c3c(c2)NCC32CCOCC2)[C@H]2CC[C@H](C)CC2)c1. The summed E-state index contributed by atoms with van der Waals surface area (Å²) in [6.07, 6.45) is 5.96. The van der Waals surface area contributed by atoms with Crippen molar-refractivity contribution < 1.29 is 27.1 Å². The Kier molecular flexibility index (Phi) is 8.05. The summed E-state index contributed by atoms with van der Waals surface area (Å²) in [6.45, 7) is 3.99. The van der Waals surface area contributed by atoms with Crippen molar-refractivity contribution in [2.24, 2.45) is 11.8 Å². The number of amides is 2. The summed E-state index contributed by atoms with van der Waals surface area (Å²) in [5.74, 6) is -0.790. The number of anilines is 3. The zero-order chi connectivity index (χ0) is 28.5. The van der Waals surface area contributed by atoms with E-state index in [4.69, 9.17) is 4.74 Å². The van der Waals surface area contributed by atoms with Crippen LogP contribution in [0.4, 0.5) is 21.5 Å². The lowest BCUT2D eigenvalue weighted by Gasteiger charge is -2.33. The van der Waals surface area contributed by atoms with Crippen molar-refractivity contribution in [2.45, 2.75) is 56.9 Å². The minimum Gasteiger partial charge on any atom is -0.384 e. The summed E-state index contributed by atoms with van der Waals surface area (Å²) in [5.41, 5.74) is 1.86. The first-order valence-electron chi connectivity index (χ1n) is 13.9. The number of rotatable bonds is 7. The van der Waals surface area contributed by atoms with E-state index in [0.29, 0.717) is 42.6 Å². The Morgan fingerprint density at radius 2 is 1.80 bits per heavy atom. The maximum absolute atomic E-state index is 15.5. The third kappa shape index (κ3) is 6.25. The van der Waals surface area contributed by atoms with Crippen molar-refractivity contribution in [3.05, 3.63) is 53.3 Å². The number of halogens is 1. The number of benzene rings is 2. The molecule has 1 saturated carbocycles. The van der Waals surface area contributed by atoms with Gasteiger partial charge in [-0.15, -0.1) is 0 Å². The molecule has 1 saturated heterocycles. The zero-order valence-corrected chi connectivity index (χ0v) is 23.7. The minimum absolute atomic E-state index is 0.0830. The summed E-state index contributed by atoms with van der Waals surface area (Å²) in [6, 6.07) is 8.41. The van der Waals surface area contributed by atoms with Crippen LogP contribution in [0.15, 0.2) is 36.4 Å². The summed E-state index contributed by atoms with van der Waals surface area (Å²) >= 11 is 0. The van der Waals surface area contributed by atoms with Crippen molar-refractivity contribution in [1.82, 2.24) is 5.32 Å². The Bertz CT molecular complexity index is 1380. The molecule has 1 aliphatic carbocycles. The monoisotopic (exact) mass is 572 g/mol. The Morgan fingerprint density at radius 1 is 1.07 bits per heavy atom. The quantitative estimate of drug-likeness (QED) is 0.394. The first-order valence-corrected chi connectivity index (χ1v) is 15.8. The van der Waals surface area contributed by atoms with Crippen LogP contribution in [-0.4, -0.2) is 52.3 Å². The number of carbonyl (C=O) groups is 2. The molecule has 2 aromatic rings. The summed E-state index contributed by atoms with van der Waals surface area (Å²) in [5, 5.41) is 9.07. The van der Waals surface area contributed by atoms with Gasteiger partial charge in [0.05, 0.1) is 6.26 Å². The molecule has 3 aliphatic rings. The molecule has 2 amide bonds. The van der Waals surface area contributed by atoms with E-state index in [1.165, 1.54) is 12.1 Å². The number of nitrogens with one attached hydrogen (secondary N) is 4. The van der Waals surface area contributed by atoms with Crippen molar-refractivity contribution in [3.8, 4) is 0 Å². The number of sulfonamides is 1. The Labute approximate surface area is 234 Å². The lowest BCUT2D eigenvalue weighted by Crippen LogP contribution is -2.49. The fourth-order valence-electron chi connectivity index (χ4n) is 6.30. The fourth-order valence-corrected chi connectivity index (χ4v) is 6.85. The predicted molar refractivity (Wildman–Crippen MR) is 153 cm³/mol. The highest BCUT2D eigenvalue weighted by Crippen LogP contribution is 2.46. The predicted octanol–water partition coefficient (Wildman–Crippen LogP) is 4.23. The van der Waals surface area contributed by atoms with Gasteiger partial charge in [-0.2, -0.15) is 0 Å². The molecule has 0 unspecified atom stereocenters. The fraction of sp³-hybridized carbons (Fsp3) is 0.517. The van der Waals surface area contributed by atoms with Crippen LogP contribution in [0, 0.1) is 17.7 Å². The van der Waals surface area contributed by atoms with Gasteiger partial charge in [0, 0.05) is 53.4 Å². The Hall–Kier alpha value is -3.18. The Morgan fingerprint density at radius 3 is 2.50 bits per heavy atom. The van der Waals surface area contributed by atoms with E-state index < -0.39 is 27.9 Å². The smallest absolute Gasteiger partial charge is 0.252 e. The summed E-state index contributed by atoms with van der Waals surface area (Å²) < 4.78 is 46.6. The molecule has 40 heavy (non-hydrogen) atoms. The van der Waals surface area contributed by atoms with Gasteiger partial charge in [-0.3, -0.25) is 14.3 Å². The number of fused-ring (bicyclic) bond motifs is 2. The average Bonchev–Trinajstić information content (AvgIpc) is 3.25. The van der Waals surface area contributed by atoms with E-state index in [0.717, 1.165) is 44.8 Å². The van der Waals surface area contributed by atoms with Crippen molar-refractivity contribution in [1.29, 1.82) is 0 Å². The number of hydrogen-bond acceptors (Lipinski definition) is 6. The molecule has 216 valence electrons. The summed E-state index contributed by atoms with van der Waals surface area (Å²) in [4.78, 5) is 26.9. The lowest BCUT2D eigenvalue weighted by molar-refractivity contribution is -0.119. The topological polar surface area (TPSA) is 126 Å². The maximum atomic E-state index is 15.5. The van der Waals surface area contributed by atoms with Gasteiger partial charge < -0.3 is 20.7 Å². The minimum atomic E-state index is -3.52. The van der Waals surface area contributed by atoms with Gasteiger partial charge >= 0.3 is 0 Å². The largest absolute Gasteiger partial charge is 0.384 e. The first kappa shape index (κ1) is 28.4. The number of carbonyl (C=O) groups excluding carboxylic acids is 2. The van der Waals surface area contributed by atoms with E-state index >= 15 is 4.39 Å². The number of ether oxygens (including phenoxy) is 1. The van der Waals surface area contributed by atoms with E-state index in [2.05, 4.69) is 27.6 Å². The molecule has 0 radical (unpaired) electrons. The molecule has 2 heterocycles. The van der Waals surface area contributed by atoms with Crippen LogP contribution in [0.2, 0.25) is 0 Å². The van der Waals surface area contributed by atoms with Gasteiger partial charge in [0.1, 0.15) is 11.9 Å². The normalized spacial score (nSPS) is 22.6. The molecular formula is C29H37FN4O5S. The Balaban J connectivity index is 1.36. The van der Waals surface area contributed by atoms with Gasteiger partial charge in [-0.25, -0.2) is 12.8 Å². The van der Waals surface area contributed by atoms with Crippen LogP contribution in [0.3, 0.4) is 0 Å². The molecule has 2 aromatic carbocycles. The molecule has 11 heteroatoms. The van der Waals surface area contributed by atoms with Gasteiger partial charge in [0.2, 0.25) is 15.9 Å². The van der Waals surface area contributed by atoms with Crippen LogP contribution in [0.1, 0.15) is 61.4 Å². The van der Waals surface area contributed by atoms with Crippen molar-refractivity contribution >= 4 is 38.9 Å². The molecule has 2 fully saturated rings. The molecular weight excluding hydrogens is 535 g/mol. The van der Waals surface area contributed by atoms with Gasteiger partial charge in [-0.05, 0) is 67.9 Å². The van der Waals surface area contributed by atoms with Gasteiger partial charge in [0.25, 0.3) is 5.91 Å². The summed E-state index contributed by atoms with van der Waals surface area (Å²) in [7, 11) is -3.52. The molecule has 0 bridgehead atoms. The highest BCUT2D eigenvalue weighted by atomic mass is 32.2. The van der Waals surface area contributed by atoms with Crippen molar-refractivity contribution in [2.75, 3.05) is 41.4 Å². The molecule has 2 aliphatic heterocycles. The van der Waals surface area contributed by atoms with E-state index in [1.807, 2.05) is 0 Å². The molecule has 1 atom stereocenters. The standard InChI is InChI=1S/C29H37FN4O5S/c1-18-6-8-19(9-7-18)26(33-27(35)20-4-3-5-21(14-20)34-40(2,37)38)28(36)32-22-15-23(30)25-24(16-22)31-17-29(25)10-12-39-13-11-29/h3-5,14-16,18-19,26,31,34H,6-13,17H2,1-2H3,(H,32,36)(H,33,35)/t18-,19-,26-/m0/s1. The van der Waals surface area contributed by atoms with E-state index in [9.17, 15) is 18.0 Å². The maximum Gasteiger partial charge on any atom is 0.252 e. The van der Waals surface area contributed by atoms with Crippen LogP contribution in [-0.2, 0) is 25.0 Å². The average molecular weight is 573 g/mol. The highest BCUT2D eigenvalue weighted by Gasteiger charge is 2.43. The molecule has 1 spiro atoms. The van der Waals surface area contributed by atoms with Gasteiger partial charge in [-0.1, -0.05) is 25.8 Å². The van der Waals surface area contributed by atoms with Crippen LogP contribution < -0.4 is 20.7 Å². The second-order valence-electron chi connectivity index (χ2n) is 11.5. The third-order valence-corrected chi connectivity index (χ3v) is 9.09. The zero-order valence-electron chi connectivity index (χ0n) is 22.9. The molecule has 5 rings (SSSR count). The van der Waals surface area contributed by atoms with Crippen molar-refractivity contribution in [3.63, 3.8) is 0 Å². The molecule has 0 aromatic heterocycles. The van der Waals surface area contributed by atoms with Crippen LogP contribution in [0.25, 0.3) is 0 Å². The third-order valence-electron chi connectivity index (χ3n) is 8.48. The van der Waals surface area contributed by atoms with Gasteiger partial charge in [0.15, 0.2) is 0 Å². The van der Waals surface area contributed by atoms with Crippen LogP contribution >= 0.6 is 0 Å². The second-order valence-corrected chi connectivity index (χ2v) is 13.3. The van der Waals surface area contributed by atoms with E-state index in [-0.39, 0.29) is 28.4 Å². The molecule has 9 nitrogen and oxygen atoms in total.